The van der Waals surface area contributed by atoms with E-state index in [1.165, 1.54) is 0 Å². The smallest absolute Gasteiger partial charge is 0.225 e. The van der Waals surface area contributed by atoms with E-state index in [-0.39, 0.29) is 6.04 Å². The first-order valence-electron chi connectivity index (χ1n) is 4.54. The summed E-state index contributed by atoms with van der Waals surface area (Å²) in [6, 6.07) is 1.72. The largest absolute Gasteiger partial charge is 0.388 e. The molecule has 0 saturated carbocycles. The van der Waals surface area contributed by atoms with Crippen molar-refractivity contribution < 1.29 is 9.84 Å². The Labute approximate surface area is 82.4 Å². The van der Waals surface area contributed by atoms with Gasteiger partial charge in [-0.25, -0.2) is 9.97 Å². The Balaban J connectivity index is 2.12. The zero-order valence-corrected chi connectivity index (χ0v) is 8.00. The molecule has 2 unspecified atom stereocenters. The maximum atomic E-state index is 9.60. The molecule has 1 N–H and O–H groups in total. The van der Waals surface area contributed by atoms with Crippen LogP contribution in [0.1, 0.15) is 0 Å². The molecule has 1 aromatic rings. The average molecular weight is 195 g/mol. The molecule has 0 spiro atoms. The van der Waals surface area contributed by atoms with Gasteiger partial charge in [0.25, 0.3) is 0 Å². The molecule has 1 aromatic heterocycles. The van der Waals surface area contributed by atoms with E-state index in [1.54, 1.807) is 18.5 Å². The van der Waals surface area contributed by atoms with Crippen LogP contribution in [0.5, 0.6) is 0 Å². The van der Waals surface area contributed by atoms with Crippen molar-refractivity contribution in [2.24, 2.45) is 0 Å². The molecule has 2 rings (SSSR count). The van der Waals surface area contributed by atoms with Crippen LogP contribution < -0.4 is 4.90 Å². The monoisotopic (exact) mass is 195 g/mol. The lowest BCUT2D eigenvalue weighted by atomic mass is 10.2. The van der Waals surface area contributed by atoms with Gasteiger partial charge in [-0.1, -0.05) is 0 Å². The van der Waals surface area contributed by atoms with Gasteiger partial charge in [0.2, 0.25) is 5.95 Å². The highest BCUT2D eigenvalue weighted by atomic mass is 16.5. The van der Waals surface area contributed by atoms with E-state index < -0.39 is 6.10 Å². The predicted octanol–water partition coefficient (Wildman–Crippen LogP) is -0.328. The number of hydrogen-bond acceptors (Lipinski definition) is 5. The van der Waals surface area contributed by atoms with Crippen LogP contribution in [0.3, 0.4) is 0 Å². The number of nitrogens with zero attached hydrogens (tertiary/aromatic N) is 3. The van der Waals surface area contributed by atoms with E-state index in [0.29, 0.717) is 19.2 Å². The summed E-state index contributed by atoms with van der Waals surface area (Å²) in [5.74, 6) is 0.613. The van der Waals surface area contributed by atoms with Gasteiger partial charge in [0.1, 0.15) is 0 Å². The van der Waals surface area contributed by atoms with E-state index >= 15 is 0 Å². The van der Waals surface area contributed by atoms with E-state index in [1.807, 2.05) is 11.9 Å². The topological polar surface area (TPSA) is 58.5 Å². The van der Waals surface area contributed by atoms with Gasteiger partial charge in [0.15, 0.2) is 0 Å². The molecule has 1 aliphatic heterocycles. The molecule has 5 heteroatoms. The van der Waals surface area contributed by atoms with Gasteiger partial charge in [0, 0.05) is 19.4 Å². The van der Waals surface area contributed by atoms with Gasteiger partial charge in [0.05, 0.1) is 25.4 Å². The average Bonchev–Trinajstić information content (AvgIpc) is 2.65. The number of hydrogen-bond donors (Lipinski definition) is 1. The summed E-state index contributed by atoms with van der Waals surface area (Å²) in [4.78, 5) is 10.1. The molecule has 0 bridgehead atoms. The number of aliphatic hydroxyl groups is 1. The second kappa shape index (κ2) is 3.89. The normalized spacial score (nSPS) is 26.4. The molecule has 0 amide bonds. The van der Waals surface area contributed by atoms with Crippen molar-refractivity contribution in [1.82, 2.24) is 9.97 Å². The van der Waals surface area contributed by atoms with E-state index in [2.05, 4.69) is 9.97 Å². The Kier molecular flexibility index (Phi) is 2.60. The van der Waals surface area contributed by atoms with Crippen LogP contribution >= 0.6 is 0 Å². The van der Waals surface area contributed by atoms with Gasteiger partial charge in [-0.15, -0.1) is 0 Å². The molecule has 0 radical (unpaired) electrons. The van der Waals surface area contributed by atoms with E-state index in [4.69, 9.17) is 4.74 Å². The number of anilines is 1. The molecule has 1 saturated heterocycles. The fourth-order valence-electron chi connectivity index (χ4n) is 1.52. The SMILES string of the molecule is CN(c1ncccn1)C1COCC1O. The molecule has 2 atom stereocenters. The third-order valence-electron chi connectivity index (χ3n) is 2.39. The van der Waals surface area contributed by atoms with Crippen LogP contribution in [0.25, 0.3) is 0 Å². The Bertz CT molecular complexity index is 293. The summed E-state index contributed by atoms with van der Waals surface area (Å²) >= 11 is 0. The number of likely N-dealkylation sites (N-methyl/N-ethyl adjacent to an activating group) is 1. The van der Waals surface area contributed by atoms with Crippen LogP contribution in [0.15, 0.2) is 18.5 Å². The zero-order chi connectivity index (χ0) is 9.97. The number of ether oxygens (including phenoxy) is 1. The second-order valence-corrected chi connectivity index (χ2v) is 3.33. The highest BCUT2D eigenvalue weighted by molar-refractivity contribution is 5.29. The van der Waals surface area contributed by atoms with Gasteiger partial charge in [-0.2, -0.15) is 0 Å². The highest BCUT2D eigenvalue weighted by Crippen LogP contribution is 2.15. The zero-order valence-electron chi connectivity index (χ0n) is 8.00. The molecule has 76 valence electrons. The van der Waals surface area contributed by atoms with Crippen molar-refractivity contribution in [3.63, 3.8) is 0 Å². The Morgan fingerprint density at radius 3 is 2.71 bits per heavy atom. The van der Waals surface area contributed by atoms with Crippen molar-refractivity contribution in [3.05, 3.63) is 18.5 Å². The summed E-state index contributed by atoms with van der Waals surface area (Å²) in [7, 11) is 1.86. The van der Waals surface area contributed by atoms with Gasteiger partial charge >= 0.3 is 0 Å². The first-order chi connectivity index (χ1) is 6.79. The Hall–Kier alpha value is -1.20. The maximum Gasteiger partial charge on any atom is 0.225 e. The van der Waals surface area contributed by atoms with Gasteiger partial charge in [-0.05, 0) is 6.07 Å². The van der Waals surface area contributed by atoms with E-state index in [9.17, 15) is 5.11 Å². The van der Waals surface area contributed by atoms with E-state index in [0.717, 1.165) is 0 Å². The molecular formula is C9H13N3O2. The lowest BCUT2D eigenvalue weighted by molar-refractivity contribution is 0.124. The first-order valence-corrected chi connectivity index (χ1v) is 4.54. The van der Waals surface area contributed by atoms with Crippen LogP contribution in [0.4, 0.5) is 5.95 Å². The van der Waals surface area contributed by atoms with Crippen LogP contribution in [-0.4, -0.2) is 47.5 Å². The minimum absolute atomic E-state index is 0.0441. The van der Waals surface area contributed by atoms with Crippen molar-refractivity contribution in [2.75, 3.05) is 25.2 Å². The van der Waals surface area contributed by atoms with Crippen LogP contribution in [0, 0.1) is 0 Å². The Morgan fingerprint density at radius 2 is 2.14 bits per heavy atom. The molecule has 0 aliphatic carbocycles. The quantitative estimate of drug-likeness (QED) is 0.700. The standard InChI is InChI=1S/C9H13N3O2/c1-12(7-5-14-6-8(7)13)9-10-3-2-4-11-9/h2-4,7-8,13H,5-6H2,1H3. The number of aliphatic hydroxyl groups excluding tert-OH is 1. The fraction of sp³-hybridized carbons (Fsp3) is 0.556. The molecular weight excluding hydrogens is 182 g/mol. The first kappa shape index (κ1) is 9.36. The highest BCUT2D eigenvalue weighted by Gasteiger charge is 2.30. The third-order valence-corrected chi connectivity index (χ3v) is 2.39. The lowest BCUT2D eigenvalue weighted by Gasteiger charge is -2.25. The minimum atomic E-state index is -0.455. The van der Waals surface area contributed by atoms with Crippen LogP contribution in [-0.2, 0) is 4.74 Å². The molecule has 1 fully saturated rings. The second-order valence-electron chi connectivity index (χ2n) is 3.33. The summed E-state index contributed by atoms with van der Waals surface area (Å²) < 4.78 is 5.16. The molecule has 1 aliphatic rings. The summed E-state index contributed by atoms with van der Waals surface area (Å²) in [6.45, 7) is 0.914. The summed E-state index contributed by atoms with van der Waals surface area (Å²) in [5, 5.41) is 9.60. The number of aromatic nitrogens is 2. The summed E-state index contributed by atoms with van der Waals surface area (Å²) in [5.41, 5.74) is 0. The predicted molar refractivity (Wildman–Crippen MR) is 51.0 cm³/mol. The molecule has 14 heavy (non-hydrogen) atoms. The molecule has 5 nitrogen and oxygen atoms in total. The van der Waals surface area contributed by atoms with Gasteiger partial charge < -0.3 is 14.7 Å². The molecule has 0 aromatic carbocycles. The third kappa shape index (κ3) is 1.69. The molecule has 2 heterocycles. The van der Waals surface area contributed by atoms with Crippen molar-refractivity contribution in [1.29, 1.82) is 0 Å². The van der Waals surface area contributed by atoms with Gasteiger partial charge in [-0.3, -0.25) is 0 Å². The summed E-state index contributed by atoms with van der Waals surface area (Å²) in [6.07, 6.45) is 2.91. The Morgan fingerprint density at radius 1 is 1.43 bits per heavy atom. The van der Waals surface area contributed by atoms with Crippen molar-refractivity contribution >= 4 is 5.95 Å². The fourth-order valence-corrected chi connectivity index (χ4v) is 1.52. The van der Waals surface area contributed by atoms with Crippen molar-refractivity contribution in [3.8, 4) is 0 Å². The number of rotatable bonds is 2. The minimum Gasteiger partial charge on any atom is -0.388 e. The maximum absolute atomic E-state index is 9.60. The lowest BCUT2D eigenvalue weighted by Crippen LogP contribution is -2.41. The van der Waals surface area contributed by atoms with Crippen molar-refractivity contribution in [2.45, 2.75) is 12.1 Å². The van der Waals surface area contributed by atoms with Crippen LogP contribution in [0.2, 0.25) is 0 Å².